The van der Waals surface area contributed by atoms with Gasteiger partial charge in [0.25, 0.3) is 0 Å². The summed E-state index contributed by atoms with van der Waals surface area (Å²) in [6, 6.07) is -0.419. The fraction of sp³-hybridized carbons (Fsp3) is 0.867. The van der Waals surface area contributed by atoms with E-state index < -0.39 is 6.04 Å². The Labute approximate surface area is 122 Å². The molecule has 0 aromatic carbocycles. The zero-order valence-corrected chi connectivity index (χ0v) is 13.3. The van der Waals surface area contributed by atoms with E-state index in [1.54, 1.807) is 4.90 Å². The number of hydrogen-bond acceptors (Lipinski definition) is 3. The Balaban J connectivity index is 2.46. The van der Waals surface area contributed by atoms with Crippen LogP contribution in [0.5, 0.6) is 0 Å². The Bertz CT molecular complexity index is 336. The van der Waals surface area contributed by atoms with Gasteiger partial charge in [-0.15, -0.1) is 0 Å². The highest BCUT2D eigenvalue weighted by Gasteiger charge is 2.29. The summed E-state index contributed by atoms with van der Waals surface area (Å²) in [4.78, 5) is 27.9. The monoisotopic (exact) mass is 283 g/mol. The fourth-order valence-corrected chi connectivity index (χ4v) is 2.36. The molecule has 1 rings (SSSR count). The smallest absolute Gasteiger partial charge is 0.239 e. The van der Waals surface area contributed by atoms with E-state index in [1.165, 1.54) is 0 Å². The molecule has 2 atom stereocenters. The topological polar surface area (TPSA) is 66.6 Å². The highest BCUT2D eigenvalue weighted by Crippen LogP contribution is 2.12. The Kier molecular flexibility index (Phi) is 6.46. The molecule has 1 aliphatic heterocycles. The third-order valence-electron chi connectivity index (χ3n) is 4.07. The van der Waals surface area contributed by atoms with Crippen molar-refractivity contribution in [3.05, 3.63) is 0 Å². The average molecular weight is 283 g/mol. The van der Waals surface area contributed by atoms with Crippen LogP contribution in [0.3, 0.4) is 0 Å². The second-order valence-corrected chi connectivity index (χ2v) is 6.22. The molecule has 0 unspecified atom stereocenters. The van der Waals surface area contributed by atoms with E-state index in [2.05, 4.69) is 0 Å². The van der Waals surface area contributed by atoms with Crippen molar-refractivity contribution in [3.8, 4) is 0 Å². The summed E-state index contributed by atoms with van der Waals surface area (Å²) in [5.74, 6) is 0.790. The molecule has 20 heavy (non-hydrogen) atoms. The van der Waals surface area contributed by atoms with Crippen molar-refractivity contribution < 1.29 is 9.59 Å². The van der Waals surface area contributed by atoms with Crippen LogP contribution in [0.25, 0.3) is 0 Å². The number of nitrogens with two attached hydrogens (primary N) is 1. The van der Waals surface area contributed by atoms with Gasteiger partial charge in [0.2, 0.25) is 11.8 Å². The van der Waals surface area contributed by atoms with Gasteiger partial charge in [-0.3, -0.25) is 9.59 Å². The molecule has 0 aromatic heterocycles. The number of nitrogens with zero attached hydrogens (tertiary/aromatic N) is 2. The van der Waals surface area contributed by atoms with E-state index in [9.17, 15) is 9.59 Å². The predicted octanol–water partition coefficient (Wildman–Crippen LogP) is 1.08. The molecule has 0 radical (unpaired) electrons. The summed E-state index contributed by atoms with van der Waals surface area (Å²) in [6.07, 6.45) is 1.49. The van der Waals surface area contributed by atoms with E-state index in [1.807, 2.05) is 32.6 Å². The van der Waals surface area contributed by atoms with Crippen molar-refractivity contribution in [2.75, 3.05) is 26.2 Å². The van der Waals surface area contributed by atoms with Gasteiger partial charge < -0.3 is 15.5 Å². The molecule has 1 aliphatic rings. The largest absolute Gasteiger partial charge is 0.339 e. The van der Waals surface area contributed by atoms with Crippen molar-refractivity contribution in [3.63, 3.8) is 0 Å². The first-order chi connectivity index (χ1) is 9.36. The molecule has 0 aromatic rings. The standard InChI is InChI=1S/C15H29N3O2/c1-5-12(4)14(16)15(20)18-8-6-17(7-9-18)13(19)10-11(2)3/h11-12,14H,5-10,16H2,1-4H3/t12-,14-/m0/s1. The van der Waals surface area contributed by atoms with Gasteiger partial charge in [0.05, 0.1) is 6.04 Å². The van der Waals surface area contributed by atoms with Crippen LogP contribution in [-0.4, -0.2) is 53.8 Å². The summed E-state index contributed by atoms with van der Waals surface area (Å²) in [6.45, 7) is 10.6. The molecule has 2 amide bonds. The number of piperazine rings is 1. The minimum Gasteiger partial charge on any atom is -0.339 e. The molecule has 5 heteroatoms. The number of rotatable bonds is 5. The van der Waals surface area contributed by atoms with Crippen LogP contribution in [0.4, 0.5) is 0 Å². The Hall–Kier alpha value is -1.10. The van der Waals surface area contributed by atoms with Gasteiger partial charge in [0.15, 0.2) is 0 Å². The van der Waals surface area contributed by atoms with Crippen LogP contribution in [-0.2, 0) is 9.59 Å². The van der Waals surface area contributed by atoms with Crippen LogP contribution >= 0.6 is 0 Å². The van der Waals surface area contributed by atoms with Gasteiger partial charge in [0.1, 0.15) is 0 Å². The maximum absolute atomic E-state index is 12.3. The minimum atomic E-state index is -0.419. The summed E-state index contributed by atoms with van der Waals surface area (Å²) in [5.41, 5.74) is 5.99. The second-order valence-electron chi connectivity index (χ2n) is 6.22. The number of carbonyl (C=O) groups excluding carboxylic acids is 2. The van der Waals surface area contributed by atoms with Crippen LogP contribution in [0.15, 0.2) is 0 Å². The van der Waals surface area contributed by atoms with E-state index in [0.29, 0.717) is 38.5 Å². The Morgan fingerprint density at radius 3 is 2.00 bits per heavy atom. The van der Waals surface area contributed by atoms with Gasteiger partial charge in [0, 0.05) is 32.6 Å². The lowest BCUT2D eigenvalue weighted by Gasteiger charge is -2.37. The van der Waals surface area contributed by atoms with Gasteiger partial charge in [-0.05, 0) is 11.8 Å². The first-order valence-electron chi connectivity index (χ1n) is 7.68. The van der Waals surface area contributed by atoms with Crippen molar-refractivity contribution in [1.29, 1.82) is 0 Å². The van der Waals surface area contributed by atoms with E-state index in [0.717, 1.165) is 6.42 Å². The summed E-state index contributed by atoms with van der Waals surface area (Å²) >= 11 is 0. The summed E-state index contributed by atoms with van der Waals surface area (Å²) in [7, 11) is 0. The molecule has 0 aliphatic carbocycles. The number of amides is 2. The van der Waals surface area contributed by atoms with Crippen molar-refractivity contribution in [2.24, 2.45) is 17.6 Å². The minimum absolute atomic E-state index is 0.0234. The maximum atomic E-state index is 12.3. The van der Waals surface area contributed by atoms with Crippen molar-refractivity contribution >= 4 is 11.8 Å². The lowest BCUT2D eigenvalue weighted by molar-refractivity contribution is -0.141. The first kappa shape index (κ1) is 17.0. The quantitative estimate of drug-likeness (QED) is 0.821. The van der Waals surface area contributed by atoms with Crippen LogP contribution in [0.1, 0.15) is 40.5 Å². The van der Waals surface area contributed by atoms with E-state index in [-0.39, 0.29) is 17.7 Å². The highest BCUT2D eigenvalue weighted by atomic mass is 16.2. The molecule has 5 nitrogen and oxygen atoms in total. The van der Waals surface area contributed by atoms with Gasteiger partial charge in [-0.1, -0.05) is 34.1 Å². The molecular weight excluding hydrogens is 254 g/mol. The summed E-state index contributed by atoms with van der Waals surface area (Å²) in [5, 5.41) is 0. The third-order valence-corrected chi connectivity index (χ3v) is 4.07. The van der Waals surface area contributed by atoms with Crippen LogP contribution < -0.4 is 5.73 Å². The Morgan fingerprint density at radius 2 is 1.55 bits per heavy atom. The molecule has 116 valence electrons. The zero-order valence-electron chi connectivity index (χ0n) is 13.3. The fourth-order valence-electron chi connectivity index (χ4n) is 2.36. The molecular formula is C15H29N3O2. The molecule has 0 spiro atoms. The second kappa shape index (κ2) is 7.62. The van der Waals surface area contributed by atoms with Crippen molar-refractivity contribution in [1.82, 2.24) is 9.80 Å². The first-order valence-corrected chi connectivity index (χ1v) is 7.68. The van der Waals surface area contributed by atoms with Gasteiger partial charge in [-0.2, -0.15) is 0 Å². The molecule has 0 saturated carbocycles. The molecule has 2 N–H and O–H groups in total. The predicted molar refractivity (Wildman–Crippen MR) is 80.0 cm³/mol. The number of hydrogen-bond donors (Lipinski definition) is 1. The zero-order chi connectivity index (χ0) is 15.3. The third kappa shape index (κ3) is 4.47. The Morgan fingerprint density at radius 1 is 1.05 bits per heavy atom. The maximum Gasteiger partial charge on any atom is 0.239 e. The van der Waals surface area contributed by atoms with Crippen molar-refractivity contribution in [2.45, 2.75) is 46.6 Å². The van der Waals surface area contributed by atoms with Gasteiger partial charge in [-0.25, -0.2) is 0 Å². The van der Waals surface area contributed by atoms with Gasteiger partial charge >= 0.3 is 0 Å². The molecule has 1 saturated heterocycles. The average Bonchev–Trinajstić information content (AvgIpc) is 2.44. The lowest BCUT2D eigenvalue weighted by Crippen LogP contribution is -2.55. The SMILES string of the molecule is CC[C@H](C)[C@H](N)C(=O)N1CCN(C(=O)CC(C)C)CC1. The van der Waals surface area contributed by atoms with Crippen LogP contribution in [0, 0.1) is 11.8 Å². The summed E-state index contributed by atoms with van der Waals surface area (Å²) < 4.78 is 0. The highest BCUT2D eigenvalue weighted by molar-refractivity contribution is 5.82. The molecule has 1 heterocycles. The number of carbonyl (C=O) groups is 2. The lowest BCUT2D eigenvalue weighted by atomic mass is 9.98. The molecule has 0 bridgehead atoms. The van der Waals surface area contributed by atoms with E-state index in [4.69, 9.17) is 5.73 Å². The van der Waals surface area contributed by atoms with Crippen LogP contribution in [0.2, 0.25) is 0 Å². The van der Waals surface area contributed by atoms with E-state index >= 15 is 0 Å². The molecule has 1 fully saturated rings. The normalized spacial score (nSPS) is 19.1.